The van der Waals surface area contributed by atoms with Crippen molar-refractivity contribution in [2.45, 2.75) is 193 Å². The lowest BCUT2D eigenvalue weighted by Crippen LogP contribution is -2.24. The van der Waals surface area contributed by atoms with Gasteiger partial charge in [0.1, 0.15) is 6.10 Å². The molecule has 248 valence electrons. The molecule has 3 fully saturated rings. The number of methoxy groups -OCH3 is 1. The normalized spacial score (nSPS) is 21.7. The molecule has 0 amide bonds. The lowest BCUT2D eigenvalue weighted by Gasteiger charge is -2.31. The molecular formula is C39H68O4. The summed E-state index contributed by atoms with van der Waals surface area (Å²) in [5, 5.41) is 0. The van der Waals surface area contributed by atoms with Gasteiger partial charge in [-0.05, 0) is 77.0 Å². The number of rotatable bonds is 5. The molecular weight excluding hydrogens is 532 g/mol. The van der Waals surface area contributed by atoms with Gasteiger partial charge in [0.2, 0.25) is 0 Å². The van der Waals surface area contributed by atoms with E-state index in [-0.39, 0.29) is 18.0 Å². The third kappa shape index (κ3) is 16.3. The van der Waals surface area contributed by atoms with Gasteiger partial charge in [0.15, 0.2) is 0 Å². The summed E-state index contributed by atoms with van der Waals surface area (Å²) in [6, 6.07) is 0. The third-order valence-electron chi connectivity index (χ3n) is 10.2. The van der Waals surface area contributed by atoms with Crippen LogP contribution in [0, 0.1) is 11.8 Å². The Morgan fingerprint density at radius 1 is 0.488 bits per heavy atom. The van der Waals surface area contributed by atoms with Gasteiger partial charge < -0.3 is 9.47 Å². The Balaban J connectivity index is 0.000000821. The van der Waals surface area contributed by atoms with E-state index in [2.05, 4.69) is 18.2 Å². The van der Waals surface area contributed by atoms with Gasteiger partial charge >= 0.3 is 11.9 Å². The number of esters is 2. The summed E-state index contributed by atoms with van der Waals surface area (Å²) in [5.74, 6) is 0.904. The molecule has 0 N–H and O–H groups in total. The smallest absolute Gasteiger partial charge is 0.333 e. The maximum Gasteiger partial charge on any atom is 0.333 e. The molecule has 0 aromatic heterocycles. The molecule has 0 unspecified atom stereocenters. The first kappa shape index (κ1) is 37.6. The zero-order chi connectivity index (χ0) is 31.1. The molecule has 43 heavy (non-hydrogen) atoms. The Morgan fingerprint density at radius 3 is 1.07 bits per heavy atom. The summed E-state index contributed by atoms with van der Waals surface area (Å²) in [6.07, 6.45) is 35.9. The van der Waals surface area contributed by atoms with Gasteiger partial charge in [-0.15, -0.1) is 0 Å². The standard InChI is InChI=1S/C34H60O2.C5H8O2/c1-29(34(35)36-32-27-21-15-9-4-10-16-22-28-32)33(30-23-17-11-5-2-6-12-18-24-30)31-25-19-13-7-3-8-14-20-26-31;1-4(2)5(6)7-3/h30-32H,2-28H2,1H3;1H2,2-3H3. The molecule has 3 saturated carbocycles. The van der Waals surface area contributed by atoms with Crippen LogP contribution in [0.5, 0.6) is 0 Å². The fraction of sp³-hybridized carbons (Fsp3) is 0.846. The van der Waals surface area contributed by atoms with Crippen LogP contribution in [0.25, 0.3) is 0 Å². The van der Waals surface area contributed by atoms with Crippen LogP contribution in [0.1, 0.15) is 187 Å². The van der Waals surface area contributed by atoms with E-state index in [0.717, 1.165) is 18.4 Å². The largest absolute Gasteiger partial charge is 0.466 e. The number of carbonyl (C=O) groups excluding carboxylic acids is 2. The van der Waals surface area contributed by atoms with Crippen LogP contribution >= 0.6 is 0 Å². The second kappa shape index (κ2) is 23.8. The summed E-state index contributed by atoms with van der Waals surface area (Å²) >= 11 is 0. The first-order chi connectivity index (χ1) is 20.9. The molecule has 0 bridgehead atoms. The highest BCUT2D eigenvalue weighted by molar-refractivity contribution is 5.89. The van der Waals surface area contributed by atoms with Crippen molar-refractivity contribution in [3.8, 4) is 0 Å². The van der Waals surface area contributed by atoms with Gasteiger partial charge in [-0.2, -0.15) is 0 Å². The lowest BCUT2D eigenvalue weighted by atomic mass is 9.74. The summed E-state index contributed by atoms with van der Waals surface area (Å²) in [4.78, 5) is 24.0. The highest BCUT2D eigenvalue weighted by atomic mass is 16.5. The number of ether oxygens (including phenoxy) is 2. The summed E-state index contributed by atoms with van der Waals surface area (Å²) in [6.45, 7) is 7.12. The van der Waals surface area contributed by atoms with Crippen LogP contribution in [0.2, 0.25) is 0 Å². The van der Waals surface area contributed by atoms with E-state index in [9.17, 15) is 9.59 Å². The molecule has 4 heteroatoms. The van der Waals surface area contributed by atoms with Crippen LogP contribution in [0.15, 0.2) is 23.3 Å². The van der Waals surface area contributed by atoms with E-state index < -0.39 is 0 Å². The Morgan fingerprint density at radius 2 is 0.791 bits per heavy atom. The van der Waals surface area contributed by atoms with Gasteiger partial charge in [-0.3, -0.25) is 0 Å². The highest BCUT2D eigenvalue weighted by Gasteiger charge is 2.28. The van der Waals surface area contributed by atoms with Crippen LogP contribution in [0.4, 0.5) is 0 Å². The van der Waals surface area contributed by atoms with Gasteiger partial charge in [0.05, 0.1) is 7.11 Å². The van der Waals surface area contributed by atoms with Crippen LogP contribution < -0.4 is 0 Å². The Labute approximate surface area is 266 Å². The van der Waals surface area contributed by atoms with Crippen molar-refractivity contribution in [3.05, 3.63) is 23.3 Å². The van der Waals surface area contributed by atoms with Crippen LogP contribution in [0.3, 0.4) is 0 Å². The number of hydrogen-bond acceptors (Lipinski definition) is 4. The second-order valence-electron chi connectivity index (χ2n) is 13.9. The zero-order valence-electron chi connectivity index (χ0n) is 28.7. The molecule has 0 spiro atoms. The third-order valence-corrected chi connectivity index (χ3v) is 10.2. The quantitative estimate of drug-likeness (QED) is 0.233. The first-order valence-electron chi connectivity index (χ1n) is 18.6. The van der Waals surface area contributed by atoms with Crippen molar-refractivity contribution in [1.82, 2.24) is 0 Å². The van der Waals surface area contributed by atoms with Gasteiger partial charge in [-0.1, -0.05) is 134 Å². The maximum atomic E-state index is 13.8. The topological polar surface area (TPSA) is 52.6 Å². The minimum Gasteiger partial charge on any atom is -0.466 e. The van der Waals surface area contributed by atoms with E-state index in [1.54, 1.807) is 12.5 Å². The molecule has 0 aromatic carbocycles. The Bertz CT molecular complexity index is 754. The van der Waals surface area contributed by atoms with Crippen molar-refractivity contribution in [3.63, 3.8) is 0 Å². The van der Waals surface area contributed by atoms with Crippen molar-refractivity contribution >= 4 is 11.9 Å². The molecule has 4 nitrogen and oxygen atoms in total. The second-order valence-corrected chi connectivity index (χ2v) is 13.9. The Kier molecular flexibility index (Phi) is 20.8. The molecule has 0 heterocycles. The SMILES string of the molecule is C=C(C)C(=O)OC.CC(C(=O)OC1CCCCCCCCC1)=C(C1CCCCCCCCC1)C1CCCCCCCCC1. The van der Waals surface area contributed by atoms with Crippen LogP contribution in [-0.2, 0) is 19.1 Å². The number of hydrogen-bond donors (Lipinski definition) is 0. The fourth-order valence-corrected chi connectivity index (χ4v) is 7.61. The van der Waals surface area contributed by atoms with Crippen molar-refractivity contribution < 1.29 is 19.1 Å². The van der Waals surface area contributed by atoms with E-state index >= 15 is 0 Å². The highest BCUT2D eigenvalue weighted by Crippen LogP contribution is 2.39. The average molecular weight is 601 g/mol. The predicted molar refractivity (Wildman–Crippen MR) is 181 cm³/mol. The molecule has 3 aliphatic carbocycles. The first-order valence-corrected chi connectivity index (χ1v) is 18.6. The lowest BCUT2D eigenvalue weighted by molar-refractivity contribution is -0.145. The van der Waals surface area contributed by atoms with Crippen molar-refractivity contribution in [1.29, 1.82) is 0 Å². The Hall–Kier alpha value is -1.58. The van der Waals surface area contributed by atoms with E-state index in [1.807, 2.05) is 0 Å². The van der Waals surface area contributed by atoms with Gasteiger partial charge in [0.25, 0.3) is 0 Å². The monoisotopic (exact) mass is 601 g/mol. The maximum absolute atomic E-state index is 13.8. The summed E-state index contributed by atoms with van der Waals surface area (Å²) in [5.41, 5.74) is 3.01. The van der Waals surface area contributed by atoms with Crippen molar-refractivity contribution in [2.75, 3.05) is 7.11 Å². The van der Waals surface area contributed by atoms with E-state index in [1.165, 1.54) is 168 Å². The van der Waals surface area contributed by atoms with Gasteiger partial charge in [-0.25, -0.2) is 9.59 Å². The molecule has 3 rings (SSSR count). The molecule has 0 saturated heterocycles. The number of allylic oxidation sites excluding steroid dienone is 1. The zero-order valence-corrected chi connectivity index (χ0v) is 28.7. The molecule has 0 aromatic rings. The van der Waals surface area contributed by atoms with E-state index in [4.69, 9.17) is 4.74 Å². The summed E-state index contributed by atoms with van der Waals surface area (Å²) in [7, 11) is 1.33. The minimum atomic E-state index is -0.347. The minimum absolute atomic E-state index is 0.0428. The predicted octanol–water partition coefficient (Wildman–Crippen LogP) is 11.8. The average Bonchev–Trinajstić information content (AvgIpc) is 3.02. The molecule has 0 aliphatic heterocycles. The van der Waals surface area contributed by atoms with E-state index in [0.29, 0.717) is 17.4 Å². The van der Waals surface area contributed by atoms with Gasteiger partial charge in [0, 0.05) is 11.1 Å². The molecule has 0 radical (unpaired) electrons. The molecule has 0 atom stereocenters. The molecule has 3 aliphatic rings. The summed E-state index contributed by atoms with van der Waals surface area (Å²) < 4.78 is 10.6. The number of carbonyl (C=O) groups is 2. The fourth-order valence-electron chi connectivity index (χ4n) is 7.61. The van der Waals surface area contributed by atoms with Crippen molar-refractivity contribution in [2.24, 2.45) is 11.8 Å². The van der Waals surface area contributed by atoms with Crippen LogP contribution in [-0.4, -0.2) is 25.2 Å².